The summed E-state index contributed by atoms with van der Waals surface area (Å²) in [4.78, 5) is 49.3. The smallest absolute Gasteiger partial charge is 0.330 e. The third-order valence-corrected chi connectivity index (χ3v) is 7.49. The van der Waals surface area contributed by atoms with Gasteiger partial charge in [-0.1, -0.05) is 0 Å². The number of rotatable bonds is 11. The second-order valence-electron chi connectivity index (χ2n) is 11.0. The van der Waals surface area contributed by atoms with Crippen LogP contribution in [-0.4, -0.2) is 136 Å². The minimum Gasteiger partial charge on any atom is -0.480 e. The summed E-state index contributed by atoms with van der Waals surface area (Å²) in [6, 6.07) is -2.67. The Kier molecular flexibility index (Phi) is 11.2. The first-order chi connectivity index (χ1) is 21.3. The maximum absolute atomic E-state index is 12.8. The predicted molar refractivity (Wildman–Crippen MR) is 148 cm³/mol. The van der Waals surface area contributed by atoms with Crippen LogP contribution >= 0.6 is 0 Å². The fourth-order valence-corrected chi connectivity index (χ4v) is 4.85. The summed E-state index contributed by atoms with van der Waals surface area (Å²) >= 11 is 0. The lowest BCUT2D eigenvalue weighted by atomic mass is 10.0. The fourth-order valence-electron chi connectivity index (χ4n) is 4.85. The molecule has 2 fully saturated rings. The van der Waals surface area contributed by atoms with Crippen LogP contribution in [-0.2, 0) is 28.5 Å². The van der Waals surface area contributed by atoms with Crippen molar-refractivity contribution in [3.05, 3.63) is 12.7 Å². The zero-order valence-corrected chi connectivity index (χ0v) is 24.7. The molecule has 0 bridgehead atoms. The first-order valence-electron chi connectivity index (χ1n) is 14.3. The monoisotopic (exact) mass is 642 g/mol. The summed E-state index contributed by atoms with van der Waals surface area (Å²) in [5.41, 5.74) is 0.142. The van der Waals surface area contributed by atoms with Gasteiger partial charge >= 0.3 is 18.0 Å². The van der Waals surface area contributed by atoms with Crippen molar-refractivity contribution in [1.82, 2.24) is 24.8 Å². The van der Waals surface area contributed by atoms with Crippen LogP contribution in [0.15, 0.2) is 12.7 Å². The lowest BCUT2D eigenvalue weighted by molar-refractivity contribution is -0.273. The van der Waals surface area contributed by atoms with E-state index in [0.717, 1.165) is 6.33 Å². The molecule has 2 aromatic heterocycles. The molecule has 0 spiro atoms. The molecular formula is C26H38N6O13. The highest BCUT2D eigenvalue weighted by atomic mass is 16.7. The Hall–Kier alpha value is -3.56. The highest BCUT2D eigenvalue weighted by Gasteiger charge is 2.40. The van der Waals surface area contributed by atoms with Crippen LogP contribution in [0.2, 0.25) is 0 Å². The van der Waals surface area contributed by atoms with Gasteiger partial charge in [0.05, 0.1) is 31.2 Å². The van der Waals surface area contributed by atoms with Crippen molar-refractivity contribution < 1.29 is 64.0 Å². The van der Waals surface area contributed by atoms with Crippen LogP contribution in [0.4, 0.5) is 10.6 Å². The van der Waals surface area contributed by atoms with E-state index in [4.69, 9.17) is 18.9 Å². The fraction of sp³-hybridized carbons (Fsp3) is 0.692. The molecule has 0 aliphatic carbocycles. The van der Waals surface area contributed by atoms with Crippen molar-refractivity contribution in [3.63, 3.8) is 0 Å². The zero-order valence-electron chi connectivity index (χ0n) is 24.7. The highest BCUT2D eigenvalue weighted by molar-refractivity contribution is 5.97. The molecule has 19 heteroatoms. The van der Waals surface area contributed by atoms with Crippen molar-refractivity contribution in [2.45, 2.75) is 107 Å². The van der Waals surface area contributed by atoms with Crippen molar-refractivity contribution in [2.75, 3.05) is 11.9 Å². The minimum atomic E-state index is -1.66. The molecular weight excluding hydrogens is 604 g/mol. The van der Waals surface area contributed by atoms with Gasteiger partial charge in [0.1, 0.15) is 36.8 Å². The van der Waals surface area contributed by atoms with Gasteiger partial charge in [0.25, 0.3) is 0 Å². The van der Waals surface area contributed by atoms with E-state index in [2.05, 4.69) is 25.6 Å². The second-order valence-corrected chi connectivity index (χ2v) is 11.0. The van der Waals surface area contributed by atoms with Gasteiger partial charge in [-0.15, -0.1) is 0 Å². The third kappa shape index (κ3) is 8.19. The number of carbonyl (C=O) groups excluding carboxylic acids is 2. The first kappa shape index (κ1) is 34.3. The summed E-state index contributed by atoms with van der Waals surface area (Å²) in [7, 11) is 0. The molecule has 2 aromatic rings. The van der Waals surface area contributed by atoms with Crippen molar-refractivity contribution in [1.29, 1.82) is 0 Å². The normalized spacial score (nSPS) is 30.7. The standard InChI is InChI=1S/C26H38N6O13/c1-10(43-25-14(34)6-13(33)11(2)45-25)4-5-16(36)44-12(3)17(24(39)40)30-26(41)31-21-18-22(28-8-27-21)32(9-29-18)23-20(38)19(37)15(35)7-42-23/h8-15,17,19-20,23,25,33-35,37-38H,4-7H2,1-3H3,(H,39,40)(H2,27,28,30,31,41)/t10-,11?,12?,13-,14?,15-,17+,19+,20?,23-,25-/m1/s1. The number of amides is 2. The number of fused-ring (bicyclic) bond motifs is 1. The van der Waals surface area contributed by atoms with Crippen LogP contribution < -0.4 is 10.6 Å². The van der Waals surface area contributed by atoms with E-state index in [1.54, 1.807) is 13.8 Å². The first-order valence-corrected chi connectivity index (χ1v) is 14.3. The molecule has 4 heterocycles. The number of hydrogen-bond acceptors (Lipinski definition) is 15. The lowest BCUT2D eigenvalue weighted by Crippen LogP contribution is -2.50. The van der Waals surface area contributed by atoms with Gasteiger partial charge in [-0.2, -0.15) is 0 Å². The molecule has 11 atom stereocenters. The van der Waals surface area contributed by atoms with Gasteiger partial charge in [0, 0.05) is 12.8 Å². The van der Waals surface area contributed by atoms with Crippen LogP contribution in [0.1, 0.15) is 46.3 Å². The Morgan fingerprint density at radius 1 is 1.07 bits per heavy atom. The Morgan fingerprint density at radius 3 is 2.51 bits per heavy atom. The molecule has 45 heavy (non-hydrogen) atoms. The number of imidazole rings is 1. The van der Waals surface area contributed by atoms with Gasteiger partial charge in [-0.3, -0.25) is 14.7 Å². The van der Waals surface area contributed by atoms with Gasteiger partial charge < -0.3 is 54.9 Å². The summed E-state index contributed by atoms with van der Waals surface area (Å²) in [5.74, 6) is -2.36. The number of hydrogen-bond donors (Lipinski definition) is 8. The summed E-state index contributed by atoms with van der Waals surface area (Å²) < 4.78 is 23.0. The van der Waals surface area contributed by atoms with E-state index in [9.17, 15) is 45.0 Å². The number of anilines is 1. The van der Waals surface area contributed by atoms with Gasteiger partial charge in [-0.05, 0) is 27.2 Å². The summed E-state index contributed by atoms with van der Waals surface area (Å²) in [6.07, 6.45) is -8.32. The Morgan fingerprint density at radius 2 is 1.80 bits per heavy atom. The van der Waals surface area contributed by atoms with E-state index < -0.39 is 85.4 Å². The summed E-state index contributed by atoms with van der Waals surface area (Å²) in [6.45, 7) is 4.32. The maximum atomic E-state index is 12.8. The lowest BCUT2D eigenvalue weighted by Gasteiger charge is -2.36. The number of carbonyl (C=O) groups is 3. The Bertz CT molecular complexity index is 1350. The third-order valence-electron chi connectivity index (χ3n) is 7.49. The quantitative estimate of drug-likeness (QED) is 0.123. The molecule has 0 aromatic carbocycles. The van der Waals surface area contributed by atoms with Crippen LogP contribution in [0.3, 0.4) is 0 Å². The predicted octanol–water partition coefficient (Wildman–Crippen LogP) is -2.01. The number of aliphatic carboxylic acids is 1. The number of esters is 1. The number of nitrogens with one attached hydrogen (secondary N) is 2. The highest BCUT2D eigenvalue weighted by Crippen LogP contribution is 2.28. The van der Waals surface area contributed by atoms with Crippen LogP contribution in [0.25, 0.3) is 11.2 Å². The Balaban J connectivity index is 1.31. The zero-order chi connectivity index (χ0) is 33.0. The number of urea groups is 1. The molecule has 0 radical (unpaired) electrons. The van der Waals surface area contributed by atoms with Crippen molar-refractivity contribution in [3.8, 4) is 0 Å². The molecule has 2 aliphatic heterocycles. The average Bonchev–Trinajstić information content (AvgIpc) is 3.41. The largest absolute Gasteiger partial charge is 0.480 e. The second kappa shape index (κ2) is 14.7. The maximum Gasteiger partial charge on any atom is 0.330 e. The van der Waals surface area contributed by atoms with E-state index >= 15 is 0 Å². The van der Waals surface area contributed by atoms with E-state index in [1.807, 2.05) is 0 Å². The molecule has 2 amide bonds. The van der Waals surface area contributed by atoms with Crippen LogP contribution in [0.5, 0.6) is 0 Å². The molecule has 8 N–H and O–H groups in total. The number of carboxylic acid groups (broad SMARTS) is 1. The minimum absolute atomic E-state index is 0.0449. The number of aliphatic hydroxyl groups is 5. The SMILES string of the molecule is CC1O[C@@H](O[C@H](C)CCC(=O)OC(C)[C@H](NC(=O)Nc2ncnc3c2ncn3[C@@H]2OC[C@@H](O)[C@H](O)C2O)C(=O)O)C(O)C[C@H]1O. The Labute approximate surface area is 256 Å². The van der Waals surface area contributed by atoms with Crippen LogP contribution in [0, 0.1) is 0 Å². The van der Waals surface area contributed by atoms with Crippen molar-refractivity contribution in [2.24, 2.45) is 0 Å². The van der Waals surface area contributed by atoms with Gasteiger partial charge in [0.2, 0.25) is 0 Å². The average molecular weight is 643 g/mol. The number of carboxylic acids is 1. The summed E-state index contributed by atoms with van der Waals surface area (Å²) in [5, 5.41) is 64.2. The molecule has 4 unspecified atom stereocenters. The number of nitrogens with zero attached hydrogens (tertiary/aromatic N) is 4. The number of aromatic nitrogens is 4. The number of aliphatic hydroxyl groups excluding tert-OH is 5. The van der Waals surface area contributed by atoms with E-state index in [0.29, 0.717) is 0 Å². The molecule has 250 valence electrons. The molecule has 2 aliphatic rings. The van der Waals surface area contributed by atoms with Crippen molar-refractivity contribution >= 4 is 35.0 Å². The molecule has 2 saturated heterocycles. The van der Waals surface area contributed by atoms with Gasteiger partial charge in [-0.25, -0.2) is 24.5 Å². The number of ether oxygens (including phenoxy) is 4. The van der Waals surface area contributed by atoms with Gasteiger partial charge in [0.15, 0.2) is 35.5 Å². The molecule has 19 nitrogen and oxygen atoms in total. The van der Waals surface area contributed by atoms with E-state index in [1.165, 1.54) is 17.8 Å². The topological polar surface area (TPSA) is 277 Å². The van der Waals surface area contributed by atoms with E-state index in [-0.39, 0.29) is 42.9 Å². The molecule has 0 saturated carbocycles. The molecule has 4 rings (SSSR count).